The van der Waals surface area contributed by atoms with E-state index in [0.29, 0.717) is 11.3 Å². The van der Waals surface area contributed by atoms with Crippen LogP contribution in [0.5, 0.6) is 0 Å². The molecule has 0 atom stereocenters. The second-order valence-corrected chi connectivity index (χ2v) is 5.74. The van der Waals surface area contributed by atoms with Crippen molar-refractivity contribution in [3.63, 3.8) is 0 Å². The van der Waals surface area contributed by atoms with Crippen molar-refractivity contribution in [2.45, 2.75) is 11.9 Å². The van der Waals surface area contributed by atoms with Crippen molar-refractivity contribution in [2.75, 3.05) is 5.32 Å². The minimum absolute atomic E-state index is 0.198. The zero-order valence-corrected chi connectivity index (χ0v) is 13.0. The van der Waals surface area contributed by atoms with Gasteiger partial charge in [0.05, 0.1) is 16.8 Å². The summed E-state index contributed by atoms with van der Waals surface area (Å²) < 4.78 is 50.4. The molecule has 2 N–H and O–H groups in total. The van der Waals surface area contributed by atoms with E-state index in [2.05, 4.69) is 5.32 Å². The summed E-state index contributed by atoms with van der Waals surface area (Å²) in [5.74, 6) is -1.46. The number of hydrogen-bond donors (Lipinski definition) is 3. The van der Waals surface area contributed by atoms with E-state index < -0.39 is 23.5 Å². The molecule has 3 nitrogen and oxygen atoms in total. The minimum Gasteiger partial charge on any atom is -0.478 e. The molecule has 0 aliphatic carbocycles. The van der Waals surface area contributed by atoms with Crippen LogP contribution in [-0.2, 0) is 11.9 Å². The molecule has 0 aromatic heterocycles. The Hall–Kier alpha value is -2.35. The lowest BCUT2D eigenvalue weighted by atomic mass is 10.1. The first-order valence-corrected chi connectivity index (χ1v) is 7.86. The number of rotatable bonds is 5. The van der Waals surface area contributed by atoms with Gasteiger partial charge in [-0.1, -0.05) is 12.1 Å². The Kier molecular flexibility index (Phi) is 5.61. The highest BCUT2D eigenvalue weighted by molar-refractivity contribution is 7.96. The molecule has 0 bridgehead atoms. The lowest BCUT2D eigenvalue weighted by Gasteiger charge is -2.07. The lowest BCUT2D eigenvalue weighted by molar-refractivity contribution is -0.137. The molecule has 128 valence electrons. The Labute approximate surface area is 138 Å². The molecule has 0 spiro atoms. The highest BCUT2D eigenvalue weighted by Gasteiger charge is 2.29. The normalized spacial score (nSPS) is 12.0. The van der Waals surface area contributed by atoms with Gasteiger partial charge in [0.25, 0.3) is 0 Å². The topological polar surface area (TPSA) is 49.3 Å². The summed E-state index contributed by atoms with van der Waals surface area (Å²) in [7, 11) is 0. The number of nitrogens with one attached hydrogen (secondary N) is 1. The Morgan fingerprint density at radius 3 is 2.42 bits per heavy atom. The van der Waals surface area contributed by atoms with Gasteiger partial charge in [0.1, 0.15) is 5.82 Å². The first-order valence-electron chi connectivity index (χ1n) is 6.71. The molecule has 0 unspecified atom stereocenters. The quantitative estimate of drug-likeness (QED) is 0.422. The predicted molar refractivity (Wildman–Crippen MR) is 87.2 cm³/mol. The van der Waals surface area contributed by atoms with E-state index >= 15 is 0 Å². The standard InChI is InChI=1S/C16H13F4NO2S/c17-12-5-6-14(13(7-12)15(22)23)21-9-24-8-10-1-3-11(4-2-10)16(18,19)20/h1-7,9,21,24H,8H2,(H,22,23). The van der Waals surface area contributed by atoms with Crippen LogP contribution in [0.25, 0.3) is 0 Å². The zero-order chi connectivity index (χ0) is 17.7. The van der Waals surface area contributed by atoms with Crippen LogP contribution in [0.4, 0.5) is 23.2 Å². The van der Waals surface area contributed by atoms with E-state index in [-0.39, 0.29) is 11.3 Å². The molecule has 0 aliphatic rings. The van der Waals surface area contributed by atoms with Gasteiger partial charge >= 0.3 is 12.1 Å². The van der Waals surface area contributed by atoms with Crippen molar-refractivity contribution in [1.82, 2.24) is 0 Å². The van der Waals surface area contributed by atoms with E-state index in [9.17, 15) is 22.4 Å². The monoisotopic (exact) mass is 359 g/mol. The molecule has 8 heteroatoms. The van der Waals surface area contributed by atoms with Crippen LogP contribution >= 0.6 is 11.4 Å². The second-order valence-electron chi connectivity index (χ2n) is 4.80. The fourth-order valence-electron chi connectivity index (χ4n) is 1.88. The number of thiol groups is 1. The first kappa shape index (κ1) is 18.0. The number of anilines is 1. The third-order valence-electron chi connectivity index (χ3n) is 3.08. The van der Waals surface area contributed by atoms with E-state index in [1.54, 1.807) is 5.49 Å². The molecular weight excluding hydrogens is 346 g/mol. The molecule has 0 saturated heterocycles. The summed E-state index contributed by atoms with van der Waals surface area (Å²) in [6.07, 6.45) is -4.36. The van der Waals surface area contributed by atoms with Gasteiger partial charge in [0.15, 0.2) is 0 Å². The van der Waals surface area contributed by atoms with Gasteiger partial charge in [-0.05, 0) is 35.9 Å². The highest BCUT2D eigenvalue weighted by Crippen LogP contribution is 2.29. The smallest absolute Gasteiger partial charge is 0.416 e. The van der Waals surface area contributed by atoms with Crippen LogP contribution in [0.15, 0.2) is 42.5 Å². The molecule has 0 amide bonds. The SMILES string of the molecule is O=C(O)c1cc(F)ccc1NC=[SH]Cc1ccc(C(F)(F)F)cc1. The summed E-state index contributed by atoms with van der Waals surface area (Å²) in [6.45, 7) is 0. The number of carboxylic acid groups (broad SMARTS) is 1. The Morgan fingerprint density at radius 1 is 1.17 bits per heavy atom. The molecule has 2 rings (SSSR count). The Morgan fingerprint density at radius 2 is 1.83 bits per heavy atom. The van der Waals surface area contributed by atoms with Gasteiger partial charge in [-0.2, -0.15) is 24.5 Å². The molecule has 2 aromatic carbocycles. The van der Waals surface area contributed by atoms with E-state index in [0.717, 1.165) is 35.6 Å². The number of aromatic carboxylic acids is 1. The largest absolute Gasteiger partial charge is 0.478 e. The van der Waals surface area contributed by atoms with Gasteiger partial charge < -0.3 is 10.4 Å². The van der Waals surface area contributed by atoms with Crippen LogP contribution in [0.2, 0.25) is 0 Å². The van der Waals surface area contributed by atoms with Crippen molar-refractivity contribution in [3.05, 3.63) is 65.0 Å². The van der Waals surface area contributed by atoms with Gasteiger partial charge in [-0.25, -0.2) is 9.18 Å². The van der Waals surface area contributed by atoms with Crippen molar-refractivity contribution >= 4 is 28.5 Å². The van der Waals surface area contributed by atoms with Gasteiger partial charge in [0.2, 0.25) is 0 Å². The Balaban J connectivity index is 1.99. The second kappa shape index (κ2) is 7.48. The summed E-state index contributed by atoms with van der Waals surface area (Å²) >= 11 is 0.718. The molecule has 0 saturated carbocycles. The molecule has 0 radical (unpaired) electrons. The summed E-state index contributed by atoms with van der Waals surface area (Å²) in [4.78, 5) is 11.0. The highest BCUT2D eigenvalue weighted by atomic mass is 32.1. The molecule has 0 fully saturated rings. The molecule has 0 aliphatic heterocycles. The average molecular weight is 359 g/mol. The van der Waals surface area contributed by atoms with Crippen LogP contribution < -0.4 is 5.32 Å². The number of halogens is 4. The third-order valence-corrected chi connectivity index (χ3v) is 3.94. The van der Waals surface area contributed by atoms with Crippen molar-refractivity contribution < 1.29 is 27.5 Å². The van der Waals surface area contributed by atoms with E-state index in [4.69, 9.17) is 5.11 Å². The lowest BCUT2D eigenvalue weighted by Crippen LogP contribution is -2.05. The van der Waals surface area contributed by atoms with Gasteiger partial charge in [-0.15, -0.1) is 0 Å². The Bertz CT molecular complexity index is 758. The van der Waals surface area contributed by atoms with Crippen molar-refractivity contribution in [1.29, 1.82) is 0 Å². The minimum atomic E-state index is -4.36. The maximum absolute atomic E-state index is 13.1. The molecule has 0 heterocycles. The fourth-order valence-corrected chi connectivity index (χ4v) is 2.63. The van der Waals surface area contributed by atoms with Crippen LogP contribution in [0, 0.1) is 5.82 Å². The van der Waals surface area contributed by atoms with Crippen LogP contribution in [-0.4, -0.2) is 16.6 Å². The maximum atomic E-state index is 13.1. The molecular formula is C16H13F4NO2S. The summed E-state index contributed by atoms with van der Waals surface area (Å²) in [5.41, 5.74) is 1.60. The number of hydrogen-bond acceptors (Lipinski definition) is 1. The first-order chi connectivity index (χ1) is 11.3. The van der Waals surface area contributed by atoms with Gasteiger partial charge in [-0.3, -0.25) is 0 Å². The number of alkyl halides is 3. The van der Waals surface area contributed by atoms with E-state index in [1.165, 1.54) is 18.2 Å². The number of carboxylic acids is 1. The number of carbonyl (C=O) groups is 1. The molecule has 24 heavy (non-hydrogen) atoms. The summed E-state index contributed by atoms with van der Waals surface area (Å²) in [6, 6.07) is 8.17. The van der Waals surface area contributed by atoms with E-state index in [1.807, 2.05) is 0 Å². The third kappa shape index (κ3) is 4.82. The maximum Gasteiger partial charge on any atom is 0.416 e. The fraction of sp³-hybridized carbons (Fsp3) is 0.125. The van der Waals surface area contributed by atoms with Gasteiger partial charge in [0, 0.05) is 11.2 Å². The average Bonchev–Trinajstić information content (AvgIpc) is 2.52. The van der Waals surface area contributed by atoms with Crippen molar-refractivity contribution in [2.24, 2.45) is 0 Å². The molecule has 2 aromatic rings. The van der Waals surface area contributed by atoms with Crippen LogP contribution in [0.3, 0.4) is 0 Å². The number of benzene rings is 2. The predicted octanol–water partition coefficient (Wildman–Crippen LogP) is 4.38. The van der Waals surface area contributed by atoms with Crippen molar-refractivity contribution in [3.8, 4) is 0 Å². The zero-order valence-electron chi connectivity index (χ0n) is 12.1. The van der Waals surface area contributed by atoms with Crippen LogP contribution in [0.1, 0.15) is 21.5 Å². The summed E-state index contributed by atoms with van der Waals surface area (Å²) in [5, 5.41) is 11.8.